The van der Waals surface area contributed by atoms with Gasteiger partial charge >= 0.3 is 0 Å². The lowest BCUT2D eigenvalue weighted by atomic mass is 10.1. The number of rotatable bonds is 4. The summed E-state index contributed by atoms with van der Waals surface area (Å²) in [5.41, 5.74) is 11.0. The Morgan fingerprint density at radius 2 is 2.36 bits per heavy atom. The van der Waals surface area contributed by atoms with Crippen LogP contribution in [0.1, 0.15) is 28.6 Å². The largest absolute Gasteiger partial charge is 0.370 e. The lowest BCUT2D eigenvalue weighted by Gasteiger charge is -2.08. The van der Waals surface area contributed by atoms with Crippen LogP contribution in [0.3, 0.4) is 0 Å². The predicted octanol–water partition coefficient (Wildman–Crippen LogP) is 2.08. The van der Waals surface area contributed by atoms with Crippen LogP contribution in [0.5, 0.6) is 0 Å². The van der Waals surface area contributed by atoms with E-state index in [1.165, 1.54) is 4.88 Å². The van der Waals surface area contributed by atoms with Gasteiger partial charge in [-0.2, -0.15) is 0 Å². The van der Waals surface area contributed by atoms with Crippen molar-refractivity contribution in [3.63, 3.8) is 0 Å². The summed E-state index contributed by atoms with van der Waals surface area (Å²) in [5.74, 6) is -0.301. The maximum absolute atomic E-state index is 10.6. The summed E-state index contributed by atoms with van der Waals surface area (Å²) >= 11 is 5.09. The third kappa shape index (κ3) is 3.08. The smallest absolute Gasteiger partial charge is 0.217 e. The molecule has 1 amide bonds. The summed E-state index contributed by atoms with van der Waals surface area (Å²) in [6.07, 6.45) is 0.943. The Morgan fingerprint density at radius 3 is 2.79 bits per heavy atom. The minimum absolute atomic E-state index is 0.101. The molecule has 1 atom stereocenters. The highest BCUT2D eigenvalue weighted by Crippen LogP contribution is 2.32. The van der Waals surface area contributed by atoms with Crippen LogP contribution >= 0.6 is 27.3 Å². The molecule has 0 spiro atoms. The number of amides is 1. The zero-order valence-corrected chi connectivity index (χ0v) is 10.3. The van der Waals surface area contributed by atoms with Crippen molar-refractivity contribution >= 4 is 33.2 Å². The number of hydrogen-bond acceptors (Lipinski definition) is 3. The van der Waals surface area contributed by atoms with Crippen molar-refractivity contribution in [3.05, 3.63) is 20.3 Å². The van der Waals surface area contributed by atoms with Gasteiger partial charge in [0.15, 0.2) is 0 Å². The molecule has 3 nitrogen and oxygen atoms in total. The van der Waals surface area contributed by atoms with Gasteiger partial charge in [-0.25, -0.2) is 0 Å². The van der Waals surface area contributed by atoms with E-state index in [0.717, 1.165) is 9.35 Å². The van der Waals surface area contributed by atoms with Crippen molar-refractivity contribution in [2.75, 3.05) is 0 Å². The Morgan fingerprint density at radius 1 is 1.71 bits per heavy atom. The van der Waals surface area contributed by atoms with E-state index in [-0.39, 0.29) is 11.9 Å². The summed E-state index contributed by atoms with van der Waals surface area (Å²) in [4.78, 5) is 12.9. The molecule has 4 N–H and O–H groups in total. The first-order chi connectivity index (χ1) is 6.50. The monoisotopic (exact) mass is 276 g/mol. The second-order valence-electron chi connectivity index (χ2n) is 3.18. The van der Waals surface area contributed by atoms with Crippen molar-refractivity contribution in [1.82, 2.24) is 0 Å². The van der Waals surface area contributed by atoms with Gasteiger partial charge in [-0.1, -0.05) is 0 Å². The SMILES string of the molecule is Cc1cc(Br)c(C(N)CCC(N)=O)s1. The van der Waals surface area contributed by atoms with Crippen molar-refractivity contribution < 1.29 is 4.79 Å². The molecular weight excluding hydrogens is 264 g/mol. The fraction of sp³-hybridized carbons (Fsp3) is 0.444. The maximum Gasteiger partial charge on any atom is 0.217 e. The number of nitrogens with two attached hydrogens (primary N) is 2. The fourth-order valence-corrected chi connectivity index (χ4v) is 3.16. The van der Waals surface area contributed by atoms with Crippen molar-refractivity contribution in [2.24, 2.45) is 11.5 Å². The van der Waals surface area contributed by atoms with Crippen LogP contribution in [0.25, 0.3) is 0 Å². The van der Waals surface area contributed by atoms with Gasteiger partial charge in [0.05, 0.1) is 0 Å². The average molecular weight is 277 g/mol. The molecule has 0 aromatic carbocycles. The van der Waals surface area contributed by atoms with Crippen molar-refractivity contribution in [3.8, 4) is 0 Å². The molecule has 0 radical (unpaired) electrons. The molecular formula is C9H13BrN2OS. The van der Waals surface area contributed by atoms with E-state index < -0.39 is 0 Å². The molecule has 0 fully saturated rings. The zero-order chi connectivity index (χ0) is 10.7. The quantitative estimate of drug-likeness (QED) is 0.884. The van der Waals surface area contributed by atoms with Gasteiger partial charge in [0.25, 0.3) is 0 Å². The Kier molecular flexibility index (Phi) is 4.10. The van der Waals surface area contributed by atoms with Crippen LogP contribution in [0.15, 0.2) is 10.5 Å². The molecule has 1 heterocycles. The van der Waals surface area contributed by atoms with E-state index in [4.69, 9.17) is 11.5 Å². The number of halogens is 1. The van der Waals surface area contributed by atoms with Crippen LogP contribution in [-0.2, 0) is 4.79 Å². The van der Waals surface area contributed by atoms with Crippen molar-refractivity contribution in [1.29, 1.82) is 0 Å². The van der Waals surface area contributed by atoms with Crippen LogP contribution in [0, 0.1) is 6.92 Å². The fourth-order valence-electron chi connectivity index (χ4n) is 1.18. The number of carbonyl (C=O) groups excluding carboxylic acids is 1. The Labute approximate surface area is 95.6 Å². The van der Waals surface area contributed by atoms with E-state index >= 15 is 0 Å². The summed E-state index contributed by atoms with van der Waals surface area (Å²) in [5, 5.41) is 0. The summed E-state index contributed by atoms with van der Waals surface area (Å²) in [6, 6.07) is 1.93. The average Bonchev–Trinajstić information content (AvgIpc) is 2.41. The molecule has 0 aliphatic heterocycles. The molecule has 14 heavy (non-hydrogen) atoms. The second-order valence-corrected chi connectivity index (χ2v) is 5.32. The van der Waals surface area contributed by atoms with Gasteiger partial charge in [-0.15, -0.1) is 11.3 Å². The van der Waals surface area contributed by atoms with Gasteiger partial charge in [-0.3, -0.25) is 4.79 Å². The second kappa shape index (κ2) is 4.91. The van der Waals surface area contributed by atoms with Gasteiger partial charge in [-0.05, 0) is 35.3 Å². The molecule has 5 heteroatoms. The summed E-state index contributed by atoms with van der Waals surface area (Å²) < 4.78 is 1.02. The highest BCUT2D eigenvalue weighted by Gasteiger charge is 2.13. The van der Waals surface area contributed by atoms with Gasteiger partial charge in [0, 0.05) is 26.7 Å². The third-order valence-corrected chi connectivity index (χ3v) is 3.98. The molecule has 78 valence electrons. The topological polar surface area (TPSA) is 69.1 Å². The first-order valence-corrected chi connectivity index (χ1v) is 5.91. The number of primary amides is 1. The standard InChI is InChI=1S/C9H13BrN2OS/c1-5-4-6(10)9(14-5)7(11)2-3-8(12)13/h4,7H,2-3,11H2,1H3,(H2,12,13). The summed E-state index contributed by atoms with van der Waals surface area (Å²) in [7, 11) is 0. The molecule has 1 rings (SSSR count). The molecule has 1 aromatic heterocycles. The zero-order valence-electron chi connectivity index (χ0n) is 7.92. The first-order valence-electron chi connectivity index (χ1n) is 4.30. The van der Waals surface area contributed by atoms with Crippen LogP contribution in [-0.4, -0.2) is 5.91 Å². The Bertz CT molecular complexity index is 338. The predicted molar refractivity (Wildman–Crippen MR) is 62.1 cm³/mol. The molecule has 0 aliphatic rings. The Balaban J connectivity index is 2.64. The maximum atomic E-state index is 10.6. The van der Waals surface area contributed by atoms with Gasteiger partial charge in [0.2, 0.25) is 5.91 Å². The lowest BCUT2D eigenvalue weighted by molar-refractivity contribution is -0.118. The minimum atomic E-state index is -0.301. The van der Waals surface area contributed by atoms with Crippen LogP contribution < -0.4 is 11.5 Å². The molecule has 0 saturated carbocycles. The number of thiophene rings is 1. The van der Waals surface area contributed by atoms with E-state index in [0.29, 0.717) is 12.8 Å². The molecule has 1 aromatic rings. The normalized spacial score (nSPS) is 12.8. The highest BCUT2D eigenvalue weighted by molar-refractivity contribution is 9.10. The van der Waals surface area contributed by atoms with E-state index in [1.807, 2.05) is 13.0 Å². The molecule has 0 saturated heterocycles. The summed E-state index contributed by atoms with van der Waals surface area (Å²) in [6.45, 7) is 2.03. The molecule has 1 unspecified atom stereocenters. The van der Waals surface area contributed by atoms with Crippen LogP contribution in [0.2, 0.25) is 0 Å². The number of hydrogen-bond donors (Lipinski definition) is 2. The van der Waals surface area contributed by atoms with Crippen molar-refractivity contribution in [2.45, 2.75) is 25.8 Å². The van der Waals surface area contributed by atoms with Gasteiger partial charge in [0.1, 0.15) is 0 Å². The molecule has 0 bridgehead atoms. The van der Waals surface area contributed by atoms with Crippen LogP contribution in [0.4, 0.5) is 0 Å². The lowest BCUT2D eigenvalue weighted by Crippen LogP contribution is -2.15. The highest BCUT2D eigenvalue weighted by atomic mass is 79.9. The Hall–Kier alpha value is -0.390. The van der Waals surface area contributed by atoms with E-state index in [9.17, 15) is 4.79 Å². The minimum Gasteiger partial charge on any atom is -0.370 e. The third-order valence-electron chi connectivity index (χ3n) is 1.87. The number of carbonyl (C=O) groups is 1. The molecule has 0 aliphatic carbocycles. The van der Waals surface area contributed by atoms with E-state index in [1.54, 1.807) is 11.3 Å². The van der Waals surface area contributed by atoms with Gasteiger partial charge < -0.3 is 11.5 Å². The first kappa shape index (κ1) is 11.7. The van der Waals surface area contributed by atoms with E-state index in [2.05, 4.69) is 15.9 Å². The number of aryl methyl sites for hydroxylation is 1.